The molecule has 0 saturated carbocycles. The molecule has 0 spiro atoms. The van der Waals surface area contributed by atoms with Crippen molar-refractivity contribution in [3.8, 4) is 0 Å². The van der Waals surface area contributed by atoms with Crippen molar-refractivity contribution in [3.05, 3.63) is 29.8 Å². The lowest BCUT2D eigenvalue weighted by atomic mass is 10.2. The maximum absolute atomic E-state index is 12.8. The second-order valence-corrected chi connectivity index (χ2v) is 3.95. The Labute approximate surface area is 74.6 Å². The molecule has 0 bridgehead atoms. The monoisotopic (exact) mass is 207 g/mol. The SMILES string of the molecule is O=S(=O)(F)CCc1ccncc1F. The smallest absolute Gasteiger partial charge is 0.262 e. The van der Waals surface area contributed by atoms with Gasteiger partial charge in [-0.25, -0.2) is 4.39 Å². The Hall–Kier alpha value is -1.04. The van der Waals surface area contributed by atoms with Gasteiger partial charge in [0.25, 0.3) is 0 Å². The van der Waals surface area contributed by atoms with Crippen LogP contribution in [0, 0.1) is 5.82 Å². The molecule has 0 atom stereocenters. The van der Waals surface area contributed by atoms with Crippen LogP contribution >= 0.6 is 0 Å². The van der Waals surface area contributed by atoms with Crippen molar-refractivity contribution in [1.82, 2.24) is 4.98 Å². The highest BCUT2D eigenvalue weighted by atomic mass is 32.3. The molecule has 1 aromatic heterocycles. The Morgan fingerprint density at radius 2 is 2.15 bits per heavy atom. The highest BCUT2D eigenvalue weighted by Crippen LogP contribution is 2.07. The summed E-state index contributed by atoms with van der Waals surface area (Å²) in [5.41, 5.74) is 0.149. The Morgan fingerprint density at radius 1 is 1.46 bits per heavy atom. The molecule has 0 N–H and O–H groups in total. The van der Waals surface area contributed by atoms with Gasteiger partial charge in [-0.1, -0.05) is 0 Å². The van der Waals surface area contributed by atoms with Gasteiger partial charge in [-0.2, -0.15) is 8.42 Å². The lowest BCUT2D eigenvalue weighted by Gasteiger charge is -1.98. The van der Waals surface area contributed by atoms with Gasteiger partial charge in [0.1, 0.15) is 5.82 Å². The molecular weight excluding hydrogens is 200 g/mol. The molecule has 0 aliphatic carbocycles. The lowest BCUT2D eigenvalue weighted by molar-refractivity contribution is 0.549. The van der Waals surface area contributed by atoms with Crippen LogP contribution in [0.15, 0.2) is 18.5 Å². The van der Waals surface area contributed by atoms with Crippen molar-refractivity contribution in [2.45, 2.75) is 6.42 Å². The van der Waals surface area contributed by atoms with E-state index in [4.69, 9.17) is 0 Å². The number of rotatable bonds is 3. The highest BCUT2D eigenvalue weighted by Gasteiger charge is 2.09. The van der Waals surface area contributed by atoms with Crippen molar-refractivity contribution in [1.29, 1.82) is 0 Å². The van der Waals surface area contributed by atoms with Crippen molar-refractivity contribution in [2.24, 2.45) is 0 Å². The fourth-order valence-electron chi connectivity index (χ4n) is 0.839. The minimum Gasteiger partial charge on any atom is -0.262 e. The van der Waals surface area contributed by atoms with Gasteiger partial charge in [-0.05, 0) is 18.1 Å². The molecule has 0 aliphatic heterocycles. The number of aryl methyl sites for hydroxylation is 1. The Balaban J connectivity index is 2.71. The number of hydrogen-bond donors (Lipinski definition) is 0. The van der Waals surface area contributed by atoms with Crippen LogP contribution in [0.4, 0.5) is 8.28 Å². The second-order valence-electron chi connectivity index (χ2n) is 2.46. The zero-order valence-corrected chi connectivity index (χ0v) is 7.39. The summed E-state index contributed by atoms with van der Waals surface area (Å²) >= 11 is 0. The van der Waals surface area contributed by atoms with Crippen molar-refractivity contribution < 1.29 is 16.7 Å². The number of nitrogens with zero attached hydrogens (tertiary/aromatic N) is 1. The minimum absolute atomic E-state index is 0.149. The zero-order chi connectivity index (χ0) is 9.90. The third-order valence-corrected chi connectivity index (χ3v) is 2.16. The van der Waals surface area contributed by atoms with E-state index in [0.29, 0.717) is 0 Å². The largest absolute Gasteiger partial charge is 0.302 e. The fraction of sp³-hybridized carbons (Fsp3) is 0.286. The van der Waals surface area contributed by atoms with Crippen LogP contribution in [0.5, 0.6) is 0 Å². The second kappa shape index (κ2) is 3.78. The normalized spacial score (nSPS) is 11.5. The predicted molar refractivity (Wildman–Crippen MR) is 42.8 cm³/mol. The first-order chi connectivity index (χ1) is 5.99. The lowest BCUT2D eigenvalue weighted by Crippen LogP contribution is -2.03. The Bertz CT molecular complexity index is 391. The van der Waals surface area contributed by atoms with E-state index in [0.717, 1.165) is 6.20 Å². The maximum atomic E-state index is 12.8. The first-order valence-electron chi connectivity index (χ1n) is 3.50. The number of halogens is 2. The van der Waals surface area contributed by atoms with Gasteiger partial charge in [-0.3, -0.25) is 4.98 Å². The summed E-state index contributed by atoms with van der Waals surface area (Å²) in [6.45, 7) is 0. The van der Waals surface area contributed by atoms with E-state index in [9.17, 15) is 16.7 Å². The van der Waals surface area contributed by atoms with Crippen molar-refractivity contribution in [2.75, 3.05) is 5.75 Å². The van der Waals surface area contributed by atoms with E-state index in [2.05, 4.69) is 4.98 Å². The molecular formula is C7H7F2NO2S. The first-order valence-corrected chi connectivity index (χ1v) is 5.05. The van der Waals surface area contributed by atoms with Gasteiger partial charge < -0.3 is 0 Å². The number of aromatic nitrogens is 1. The van der Waals surface area contributed by atoms with Crippen LogP contribution in [0.2, 0.25) is 0 Å². The average molecular weight is 207 g/mol. The van der Waals surface area contributed by atoms with Gasteiger partial charge in [0, 0.05) is 6.20 Å². The van der Waals surface area contributed by atoms with Crippen LogP contribution in [0.3, 0.4) is 0 Å². The molecule has 0 unspecified atom stereocenters. The van der Waals surface area contributed by atoms with Gasteiger partial charge in [0.15, 0.2) is 0 Å². The van der Waals surface area contributed by atoms with Crippen LogP contribution < -0.4 is 0 Å². The van der Waals surface area contributed by atoms with Gasteiger partial charge in [0.05, 0.1) is 11.9 Å². The maximum Gasteiger partial charge on any atom is 0.302 e. The van der Waals surface area contributed by atoms with Gasteiger partial charge in [-0.15, -0.1) is 3.89 Å². The molecule has 0 saturated heterocycles. The molecule has 0 aliphatic rings. The van der Waals surface area contributed by atoms with Crippen molar-refractivity contribution in [3.63, 3.8) is 0 Å². The molecule has 0 amide bonds. The number of pyridine rings is 1. The quantitative estimate of drug-likeness (QED) is 0.696. The van der Waals surface area contributed by atoms with Crippen LogP contribution in [-0.4, -0.2) is 19.2 Å². The van der Waals surface area contributed by atoms with E-state index < -0.39 is 21.8 Å². The topological polar surface area (TPSA) is 47.0 Å². The van der Waals surface area contributed by atoms with Crippen LogP contribution in [0.1, 0.15) is 5.56 Å². The van der Waals surface area contributed by atoms with E-state index in [-0.39, 0.29) is 12.0 Å². The molecule has 1 rings (SSSR count). The molecule has 3 nitrogen and oxygen atoms in total. The van der Waals surface area contributed by atoms with Gasteiger partial charge >= 0.3 is 10.2 Å². The molecule has 1 heterocycles. The summed E-state index contributed by atoms with van der Waals surface area (Å²) in [7, 11) is -4.53. The molecule has 0 aromatic carbocycles. The summed E-state index contributed by atoms with van der Waals surface area (Å²) in [4.78, 5) is 3.47. The van der Waals surface area contributed by atoms with E-state index >= 15 is 0 Å². The average Bonchev–Trinajstić information content (AvgIpc) is 2.01. The molecule has 72 valence electrons. The molecule has 6 heteroatoms. The summed E-state index contributed by atoms with van der Waals surface area (Å²) in [6.07, 6.45) is 2.11. The van der Waals surface area contributed by atoms with E-state index in [1.165, 1.54) is 12.3 Å². The van der Waals surface area contributed by atoms with E-state index in [1.807, 2.05) is 0 Å². The third kappa shape index (κ3) is 3.45. The Kier molecular flexibility index (Phi) is 2.92. The predicted octanol–water partition coefficient (Wildman–Crippen LogP) is 1.06. The standard InChI is InChI=1S/C7H7F2NO2S/c8-7-5-10-3-1-6(7)2-4-13(9,11)12/h1,3,5H,2,4H2. The summed E-state index contributed by atoms with van der Waals surface area (Å²) in [5.74, 6) is -1.32. The fourth-order valence-corrected chi connectivity index (χ4v) is 1.30. The number of hydrogen-bond acceptors (Lipinski definition) is 3. The Morgan fingerprint density at radius 3 is 2.69 bits per heavy atom. The molecule has 0 radical (unpaired) electrons. The summed E-state index contributed by atoms with van der Waals surface area (Å²) in [6, 6.07) is 1.32. The summed E-state index contributed by atoms with van der Waals surface area (Å²) < 4.78 is 45.0. The molecule has 13 heavy (non-hydrogen) atoms. The zero-order valence-electron chi connectivity index (χ0n) is 6.57. The summed E-state index contributed by atoms with van der Waals surface area (Å²) in [5, 5.41) is 0. The van der Waals surface area contributed by atoms with Gasteiger partial charge in [0.2, 0.25) is 0 Å². The van der Waals surface area contributed by atoms with Crippen LogP contribution in [-0.2, 0) is 16.6 Å². The van der Waals surface area contributed by atoms with Crippen molar-refractivity contribution >= 4 is 10.2 Å². The molecule has 0 fully saturated rings. The first kappa shape index (κ1) is 10.0. The molecule has 1 aromatic rings. The highest BCUT2D eigenvalue weighted by molar-refractivity contribution is 7.86. The third-order valence-electron chi connectivity index (χ3n) is 1.47. The van der Waals surface area contributed by atoms with E-state index in [1.54, 1.807) is 0 Å². The minimum atomic E-state index is -4.53. The van der Waals surface area contributed by atoms with Crippen LogP contribution in [0.25, 0.3) is 0 Å².